The minimum absolute atomic E-state index is 0.0340. The van der Waals surface area contributed by atoms with E-state index in [0.29, 0.717) is 18.4 Å². The topological polar surface area (TPSA) is 57.7 Å². The number of alkyl halides is 3. The van der Waals surface area contributed by atoms with Crippen LogP contribution in [0.25, 0.3) is 0 Å². The average molecular weight is 433 g/mol. The molecule has 1 heterocycles. The van der Waals surface area contributed by atoms with Crippen molar-refractivity contribution in [2.24, 2.45) is 5.92 Å². The van der Waals surface area contributed by atoms with Crippen molar-refractivity contribution in [1.82, 2.24) is 9.21 Å². The van der Waals surface area contributed by atoms with Crippen LogP contribution in [0.3, 0.4) is 0 Å². The van der Waals surface area contributed by atoms with Crippen molar-refractivity contribution in [2.75, 3.05) is 26.2 Å². The van der Waals surface area contributed by atoms with E-state index in [0.717, 1.165) is 22.9 Å². The van der Waals surface area contributed by atoms with Crippen molar-refractivity contribution in [3.8, 4) is 0 Å². The lowest BCUT2D eigenvalue weighted by molar-refractivity contribution is -0.137. The van der Waals surface area contributed by atoms with Crippen molar-refractivity contribution < 1.29 is 26.4 Å². The number of carbonyl (C=O) groups excluding carboxylic acids is 1. The largest absolute Gasteiger partial charge is 0.416 e. The number of piperazine rings is 1. The van der Waals surface area contributed by atoms with E-state index in [9.17, 15) is 26.4 Å². The van der Waals surface area contributed by atoms with Crippen LogP contribution >= 0.6 is 0 Å². The molecule has 1 saturated carbocycles. The maximum atomic E-state index is 12.9. The van der Waals surface area contributed by atoms with E-state index in [1.165, 1.54) is 38.2 Å². The maximum Gasteiger partial charge on any atom is 0.416 e. The molecule has 1 aromatic rings. The van der Waals surface area contributed by atoms with Crippen LogP contribution in [-0.2, 0) is 21.0 Å². The SMILES string of the molecule is O=C(CCC1CCCCC1)N1CCN(S(=O)(=O)c2cccc(C(F)(F)F)c2)CC1. The number of carbonyl (C=O) groups is 1. The molecule has 2 aliphatic rings. The van der Waals surface area contributed by atoms with Crippen LogP contribution in [0.1, 0.15) is 50.5 Å². The number of amides is 1. The van der Waals surface area contributed by atoms with Gasteiger partial charge in [0, 0.05) is 32.6 Å². The fraction of sp³-hybridized carbons (Fsp3) is 0.650. The van der Waals surface area contributed by atoms with Gasteiger partial charge in [0.25, 0.3) is 0 Å². The van der Waals surface area contributed by atoms with E-state index in [1.54, 1.807) is 4.90 Å². The summed E-state index contributed by atoms with van der Waals surface area (Å²) >= 11 is 0. The molecule has 0 atom stereocenters. The number of halogens is 3. The number of hydrogen-bond acceptors (Lipinski definition) is 3. The predicted molar refractivity (Wildman–Crippen MR) is 103 cm³/mol. The van der Waals surface area contributed by atoms with Gasteiger partial charge in [0.1, 0.15) is 0 Å². The molecule has 1 aliphatic heterocycles. The Labute approximate surface area is 169 Å². The first-order valence-corrected chi connectivity index (χ1v) is 11.6. The average Bonchev–Trinajstić information content (AvgIpc) is 2.72. The molecule has 0 N–H and O–H groups in total. The molecule has 0 bridgehead atoms. The Bertz CT molecular complexity index is 813. The minimum atomic E-state index is -4.60. The third kappa shape index (κ3) is 5.51. The van der Waals surface area contributed by atoms with E-state index in [-0.39, 0.29) is 37.0 Å². The van der Waals surface area contributed by atoms with E-state index >= 15 is 0 Å². The standard InChI is InChI=1S/C20H27F3N2O3S/c21-20(22,23)17-7-4-8-18(15-17)29(27,28)25-13-11-24(12-14-25)19(26)10-9-16-5-2-1-3-6-16/h4,7-8,15-16H,1-3,5-6,9-14H2. The lowest BCUT2D eigenvalue weighted by Crippen LogP contribution is -2.50. The van der Waals surface area contributed by atoms with Crippen LogP contribution in [0.5, 0.6) is 0 Å². The highest BCUT2D eigenvalue weighted by Gasteiger charge is 2.34. The second kappa shape index (κ2) is 9.04. The summed E-state index contributed by atoms with van der Waals surface area (Å²) in [6, 6.07) is 3.78. The zero-order chi connectivity index (χ0) is 21.1. The molecule has 162 valence electrons. The van der Waals surface area contributed by atoms with Crippen molar-refractivity contribution in [3.05, 3.63) is 29.8 Å². The first-order chi connectivity index (χ1) is 13.7. The van der Waals surface area contributed by atoms with Crippen molar-refractivity contribution in [3.63, 3.8) is 0 Å². The van der Waals surface area contributed by atoms with Gasteiger partial charge in [-0.1, -0.05) is 38.2 Å². The molecule has 0 aromatic heterocycles. The Kier molecular flexibility index (Phi) is 6.88. The summed E-state index contributed by atoms with van der Waals surface area (Å²) in [4.78, 5) is 13.8. The van der Waals surface area contributed by atoms with Gasteiger partial charge in [-0.05, 0) is 30.5 Å². The van der Waals surface area contributed by atoms with Gasteiger partial charge in [-0.15, -0.1) is 0 Å². The highest BCUT2D eigenvalue weighted by molar-refractivity contribution is 7.89. The van der Waals surface area contributed by atoms with Gasteiger partial charge in [-0.25, -0.2) is 8.42 Å². The molecule has 1 saturated heterocycles. The van der Waals surface area contributed by atoms with Crippen molar-refractivity contribution in [1.29, 1.82) is 0 Å². The predicted octanol–water partition coefficient (Wildman–Crippen LogP) is 3.90. The summed E-state index contributed by atoms with van der Waals surface area (Å²) in [5.41, 5.74) is -0.991. The Balaban J connectivity index is 1.56. The summed E-state index contributed by atoms with van der Waals surface area (Å²) < 4.78 is 65.3. The van der Waals surface area contributed by atoms with Crippen LogP contribution < -0.4 is 0 Å². The van der Waals surface area contributed by atoms with Gasteiger partial charge in [0.15, 0.2) is 0 Å². The molecule has 0 radical (unpaired) electrons. The highest BCUT2D eigenvalue weighted by Crippen LogP contribution is 2.31. The molecular formula is C20H27F3N2O3S. The molecule has 29 heavy (non-hydrogen) atoms. The second-order valence-corrected chi connectivity index (χ2v) is 9.79. The fourth-order valence-electron chi connectivity index (χ4n) is 4.12. The van der Waals surface area contributed by atoms with Gasteiger partial charge < -0.3 is 4.90 Å². The van der Waals surface area contributed by atoms with Gasteiger partial charge in [0.2, 0.25) is 15.9 Å². The van der Waals surface area contributed by atoms with Gasteiger partial charge in [-0.2, -0.15) is 17.5 Å². The summed E-state index contributed by atoms with van der Waals surface area (Å²) in [6.45, 7) is 0.713. The lowest BCUT2D eigenvalue weighted by Gasteiger charge is -2.34. The van der Waals surface area contributed by atoms with E-state index < -0.39 is 21.8 Å². The molecule has 0 spiro atoms. The number of sulfonamides is 1. The smallest absolute Gasteiger partial charge is 0.340 e. The molecule has 1 amide bonds. The quantitative estimate of drug-likeness (QED) is 0.709. The Morgan fingerprint density at radius 1 is 1.03 bits per heavy atom. The third-order valence-electron chi connectivity index (χ3n) is 5.88. The molecule has 3 rings (SSSR count). The lowest BCUT2D eigenvalue weighted by atomic mass is 9.86. The highest BCUT2D eigenvalue weighted by atomic mass is 32.2. The molecule has 2 fully saturated rings. The van der Waals surface area contributed by atoms with E-state index in [1.807, 2.05) is 0 Å². The first-order valence-electron chi connectivity index (χ1n) is 10.1. The number of rotatable bonds is 5. The normalized spacial score (nSPS) is 20.0. The van der Waals surface area contributed by atoms with Gasteiger partial charge >= 0.3 is 6.18 Å². The van der Waals surface area contributed by atoms with Crippen molar-refractivity contribution in [2.45, 2.75) is 56.0 Å². The fourth-order valence-corrected chi connectivity index (χ4v) is 5.59. The van der Waals surface area contributed by atoms with Crippen LogP contribution in [0.2, 0.25) is 0 Å². The Morgan fingerprint density at radius 3 is 2.31 bits per heavy atom. The monoisotopic (exact) mass is 432 g/mol. The Morgan fingerprint density at radius 2 is 1.69 bits per heavy atom. The van der Waals surface area contributed by atoms with E-state index in [2.05, 4.69) is 0 Å². The van der Waals surface area contributed by atoms with Crippen LogP contribution in [-0.4, -0.2) is 49.7 Å². The maximum absolute atomic E-state index is 12.9. The molecular weight excluding hydrogens is 405 g/mol. The second-order valence-electron chi connectivity index (χ2n) is 7.85. The molecule has 1 aromatic carbocycles. The van der Waals surface area contributed by atoms with Crippen molar-refractivity contribution >= 4 is 15.9 Å². The van der Waals surface area contributed by atoms with Crippen LogP contribution in [0, 0.1) is 5.92 Å². The minimum Gasteiger partial charge on any atom is -0.340 e. The summed E-state index contributed by atoms with van der Waals surface area (Å²) in [5, 5.41) is 0. The summed E-state index contributed by atoms with van der Waals surface area (Å²) in [6.07, 6.45) is 2.83. The van der Waals surface area contributed by atoms with E-state index in [4.69, 9.17) is 0 Å². The summed E-state index contributed by atoms with van der Waals surface area (Å²) in [5.74, 6) is 0.641. The van der Waals surface area contributed by atoms with Gasteiger partial charge in [-0.3, -0.25) is 4.79 Å². The number of benzene rings is 1. The molecule has 5 nitrogen and oxygen atoms in total. The molecule has 9 heteroatoms. The molecule has 1 aliphatic carbocycles. The van der Waals surface area contributed by atoms with Crippen LogP contribution in [0.15, 0.2) is 29.2 Å². The zero-order valence-corrected chi connectivity index (χ0v) is 17.1. The Hall–Kier alpha value is -1.61. The first kappa shape index (κ1) is 22.1. The zero-order valence-electron chi connectivity index (χ0n) is 16.3. The molecule has 0 unspecified atom stereocenters. The number of nitrogens with zero attached hydrogens (tertiary/aromatic N) is 2. The summed E-state index contributed by atoms with van der Waals surface area (Å²) in [7, 11) is -4.03. The van der Waals surface area contributed by atoms with Gasteiger partial charge in [0.05, 0.1) is 10.5 Å². The van der Waals surface area contributed by atoms with Crippen LogP contribution in [0.4, 0.5) is 13.2 Å². The number of hydrogen-bond donors (Lipinski definition) is 0. The third-order valence-corrected chi connectivity index (χ3v) is 7.78.